The van der Waals surface area contributed by atoms with E-state index in [0.717, 1.165) is 17.2 Å². The maximum Gasteiger partial charge on any atom is 0.119 e. The Morgan fingerprint density at radius 2 is 2.05 bits per heavy atom. The van der Waals surface area contributed by atoms with Crippen LogP contribution >= 0.6 is 0 Å². The van der Waals surface area contributed by atoms with Crippen molar-refractivity contribution >= 4 is 0 Å². The normalized spacial score (nSPS) is 22.7. The maximum atomic E-state index is 6.02. The van der Waals surface area contributed by atoms with Gasteiger partial charge in [-0.05, 0) is 36.5 Å². The highest BCUT2D eigenvalue weighted by Crippen LogP contribution is 2.29. The summed E-state index contributed by atoms with van der Waals surface area (Å²) in [6.07, 6.45) is 6.86. The quantitative estimate of drug-likeness (QED) is 0.776. The van der Waals surface area contributed by atoms with E-state index >= 15 is 0 Å². The average Bonchev–Trinajstić information content (AvgIpc) is 2.52. The number of benzene rings is 1. The molecule has 2 rings (SSSR count). The summed E-state index contributed by atoms with van der Waals surface area (Å²) in [5, 5.41) is 0. The lowest BCUT2D eigenvalue weighted by molar-refractivity contribution is -0.0228. The van der Waals surface area contributed by atoms with Crippen molar-refractivity contribution in [2.24, 2.45) is 11.7 Å². The Hall–Kier alpha value is -1.06. The molecule has 2 atom stereocenters. The van der Waals surface area contributed by atoms with Crippen LogP contribution in [0.4, 0.5) is 0 Å². The van der Waals surface area contributed by atoms with E-state index in [1.807, 2.05) is 24.3 Å². The largest absolute Gasteiger partial charge is 0.491 e. The Bertz CT molecular complexity index is 394. The van der Waals surface area contributed by atoms with Crippen LogP contribution in [-0.2, 0) is 11.3 Å². The lowest BCUT2D eigenvalue weighted by atomic mass is 9.85. The molecule has 0 radical (unpaired) electrons. The third-order valence-electron chi connectivity index (χ3n) is 4.18. The molecule has 1 saturated carbocycles. The SMILES string of the molecule is CCC1CCCCC1OCCOc1cccc(CN)c1. The molecule has 1 fully saturated rings. The van der Waals surface area contributed by atoms with E-state index in [0.29, 0.717) is 25.9 Å². The highest BCUT2D eigenvalue weighted by Gasteiger charge is 2.23. The Balaban J connectivity index is 1.70. The van der Waals surface area contributed by atoms with Crippen molar-refractivity contribution in [2.75, 3.05) is 13.2 Å². The number of hydrogen-bond donors (Lipinski definition) is 1. The average molecular weight is 277 g/mol. The van der Waals surface area contributed by atoms with Gasteiger partial charge in [0.05, 0.1) is 12.7 Å². The number of hydrogen-bond acceptors (Lipinski definition) is 3. The lowest BCUT2D eigenvalue weighted by Gasteiger charge is -2.30. The van der Waals surface area contributed by atoms with Gasteiger partial charge in [-0.15, -0.1) is 0 Å². The van der Waals surface area contributed by atoms with E-state index in [1.54, 1.807) is 0 Å². The summed E-state index contributed by atoms with van der Waals surface area (Å²) in [6, 6.07) is 7.95. The van der Waals surface area contributed by atoms with Gasteiger partial charge in [-0.1, -0.05) is 38.3 Å². The van der Waals surface area contributed by atoms with Crippen molar-refractivity contribution in [3.8, 4) is 5.75 Å². The molecule has 0 amide bonds. The molecule has 1 aliphatic carbocycles. The minimum Gasteiger partial charge on any atom is -0.491 e. The predicted molar refractivity (Wildman–Crippen MR) is 81.8 cm³/mol. The molecular weight excluding hydrogens is 250 g/mol. The first-order valence-corrected chi connectivity index (χ1v) is 7.87. The molecule has 1 aromatic rings. The van der Waals surface area contributed by atoms with Gasteiger partial charge in [0.2, 0.25) is 0 Å². The molecule has 0 aromatic heterocycles. The van der Waals surface area contributed by atoms with Gasteiger partial charge in [-0.3, -0.25) is 0 Å². The van der Waals surface area contributed by atoms with Crippen molar-refractivity contribution < 1.29 is 9.47 Å². The molecule has 0 aliphatic heterocycles. The molecular formula is C17H27NO2. The summed E-state index contributed by atoms with van der Waals surface area (Å²) in [4.78, 5) is 0. The predicted octanol–water partition coefficient (Wildman–Crippen LogP) is 3.51. The zero-order valence-corrected chi connectivity index (χ0v) is 12.5. The fourth-order valence-corrected chi connectivity index (χ4v) is 2.98. The van der Waals surface area contributed by atoms with Crippen LogP contribution in [0.1, 0.15) is 44.6 Å². The minimum absolute atomic E-state index is 0.438. The zero-order chi connectivity index (χ0) is 14.2. The van der Waals surface area contributed by atoms with E-state index in [4.69, 9.17) is 15.2 Å². The molecule has 1 aliphatic rings. The van der Waals surface area contributed by atoms with Crippen LogP contribution in [-0.4, -0.2) is 19.3 Å². The highest BCUT2D eigenvalue weighted by atomic mass is 16.5. The monoisotopic (exact) mass is 277 g/mol. The minimum atomic E-state index is 0.438. The van der Waals surface area contributed by atoms with Crippen LogP contribution in [0.3, 0.4) is 0 Å². The Morgan fingerprint density at radius 1 is 1.20 bits per heavy atom. The molecule has 1 aromatic carbocycles. The van der Waals surface area contributed by atoms with Crippen LogP contribution in [0.25, 0.3) is 0 Å². The van der Waals surface area contributed by atoms with Gasteiger partial charge in [-0.25, -0.2) is 0 Å². The first-order valence-electron chi connectivity index (χ1n) is 7.87. The molecule has 0 saturated heterocycles. The molecule has 0 heterocycles. The van der Waals surface area contributed by atoms with Crippen LogP contribution in [0, 0.1) is 5.92 Å². The number of rotatable bonds is 7. The second-order valence-corrected chi connectivity index (χ2v) is 5.56. The van der Waals surface area contributed by atoms with E-state index < -0.39 is 0 Å². The van der Waals surface area contributed by atoms with Crippen LogP contribution in [0.2, 0.25) is 0 Å². The van der Waals surface area contributed by atoms with E-state index in [-0.39, 0.29) is 0 Å². The van der Waals surface area contributed by atoms with Crippen LogP contribution in [0.5, 0.6) is 5.75 Å². The summed E-state index contributed by atoms with van der Waals surface area (Å²) in [5.41, 5.74) is 6.72. The Morgan fingerprint density at radius 3 is 2.85 bits per heavy atom. The maximum absolute atomic E-state index is 6.02. The van der Waals surface area contributed by atoms with Gasteiger partial charge in [0.25, 0.3) is 0 Å². The summed E-state index contributed by atoms with van der Waals surface area (Å²) >= 11 is 0. The van der Waals surface area contributed by atoms with Crippen molar-refractivity contribution in [2.45, 2.75) is 51.7 Å². The van der Waals surface area contributed by atoms with Crippen molar-refractivity contribution in [3.05, 3.63) is 29.8 Å². The number of nitrogens with two attached hydrogens (primary N) is 1. The van der Waals surface area contributed by atoms with Gasteiger partial charge < -0.3 is 15.2 Å². The van der Waals surface area contributed by atoms with Crippen molar-refractivity contribution in [1.82, 2.24) is 0 Å². The van der Waals surface area contributed by atoms with Crippen molar-refractivity contribution in [3.63, 3.8) is 0 Å². The smallest absolute Gasteiger partial charge is 0.119 e. The van der Waals surface area contributed by atoms with Gasteiger partial charge >= 0.3 is 0 Å². The molecule has 3 heteroatoms. The highest BCUT2D eigenvalue weighted by molar-refractivity contribution is 5.28. The molecule has 112 valence electrons. The molecule has 20 heavy (non-hydrogen) atoms. The first-order chi connectivity index (χ1) is 9.83. The zero-order valence-electron chi connectivity index (χ0n) is 12.5. The molecule has 0 bridgehead atoms. The third-order valence-corrected chi connectivity index (χ3v) is 4.18. The summed E-state index contributed by atoms with van der Waals surface area (Å²) in [5.74, 6) is 1.62. The summed E-state index contributed by atoms with van der Waals surface area (Å²) in [7, 11) is 0. The Labute approximate surface area is 122 Å². The number of ether oxygens (including phenoxy) is 2. The van der Waals surface area contributed by atoms with Gasteiger partial charge in [0, 0.05) is 6.54 Å². The molecule has 0 spiro atoms. The first kappa shape index (κ1) is 15.3. The van der Waals surface area contributed by atoms with Crippen LogP contribution in [0.15, 0.2) is 24.3 Å². The van der Waals surface area contributed by atoms with E-state index in [1.165, 1.54) is 32.1 Å². The fourth-order valence-electron chi connectivity index (χ4n) is 2.98. The second-order valence-electron chi connectivity index (χ2n) is 5.56. The lowest BCUT2D eigenvalue weighted by Crippen LogP contribution is -2.28. The van der Waals surface area contributed by atoms with Gasteiger partial charge in [-0.2, -0.15) is 0 Å². The standard InChI is InChI=1S/C17H27NO2/c1-2-15-7-3-4-9-17(15)20-11-10-19-16-8-5-6-14(12-16)13-18/h5-6,8,12,15,17H,2-4,7,9-11,13,18H2,1H3. The topological polar surface area (TPSA) is 44.5 Å². The van der Waals surface area contributed by atoms with Crippen molar-refractivity contribution in [1.29, 1.82) is 0 Å². The van der Waals surface area contributed by atoms with E-state index in [9.17, 15) is 0 Å². The third kappa shape index (κ3) is 4.50. The Kier molecular flexibility index (Phi) is 6.34. The summed E-state index contributed by atoms with van der Waals surface area (Å²) in [6.45, 7) is 4.10. The molecule has 2 N–H and O–H groups in total. The molecule has 2 unspecified atom stereocenters. The summed E-state index contributed by atoms with van der Waals surface area (Å²) < 4.78 is 11.7. The van der Waals surface area contributed by atoms with E-state index in [2.05, 4.69) is 6.92 Å². The fraction of sp³-hybridized carbons (Fsp3) is 0.647. The molecule has 3 nitrogen and oxygen atoms in total. The van der Waals surface area contributed by atoms with Gasteiger partial charge in [0.1, 0.15) is 12.4 Å². The van der Waals surface area contributed by atoms with Gasteiger partial charge in [0.15, 0.2) is 0 Å². The second kappa shape index (κ2) is 8.28. The van der Waals surface area contributed by atoms with Crippen LogP contribution < -0.4 is 10.5 Å².